The summed E-state index contributed by atoms with van der Waals surface area (Å²) in [5.41, 5.74) is 1.07. The number of carbonyl (C=O) groups is 1. The average Bonchev–Trinajstić information content (AvgIpc) is 3.15. The first kappa shape index (κ1) is 16.7. The molecule has 3 rings (SSSR count). The van der Waals surface area contributed by atoms with Crippen LogP contribution in [0.4, 0.5) is 10.5 Å². The van der Waals surface area contributed by atoms with E-state index in [0.717, 1.165) is 19.4 Å². The molecule has 2 aromatic rings. The van der Waals surface area contributed by atoms with E-state index in [2.05, 4.69) is 21.7 Å². The Labute approximate surface area is 145 Å². The van der Waals surface area contributed by atoms with Crippen molar-refractivity contribution >= 4 is 11.7 Å². The molecular weight excluding hydrogens is 320 g/mol. The summed E-state index contributed by atoms with van der Waals surface area (Å²) in [5.74, 6) is 0.905. The topological polar surface area (TPSA) is 96.3 Å². The van der Waals surface area contributed by atoms with E-state index < -0.39 is 0 Å². The lowest BCUT2D eigenvalue weighted by Gasteiger charge is -2.12. The first-order chi connectivity index (χ1) is 12.2. The van der Waals surface area contributed by atoms with Gasteiger partial charge in [-0.2, -0.15) is 5.26 Å². The number of carbonyl (C=O) groups excluding carboxylic acids is 1. The number of hydrogen-bond acceptors (Lipinski definition) is 5. The molecule has 0 aliphatic carbocycles. The van der Waals surface area contributed by atoms with Crippen LogP contribution in [-0.4, -0.2) is 30.3 Å². The molecule has 1 aliphatic heterocycles. The molecule has 2 N–H and O–H groups in total. The Morgan fingerprint density at radius 3 is 3.04 bits per heavy atom. The quantitative estimate of drug-likeness (QED) is 0.873. The number of pyridine rings is 1. The van der Waals surface area contributed by atoms with E-state index >= 15 is 0 Å². The number of aromatic nitrogens is 1. The van der Waals surface area contributed by atoms with E-state index in [1.54, 1.807) is 36.4 Å². The third-order valence-corrected chi connectivity index (χ3v) is 3.69. The van der Waals surface area contributed by atoms with Crippen LogP contribution in [0.1, 0.15) is 18.4 Å². The van der Waals surface area contributed by atoms with Gasteiger partial charge < -0.3 is 20.1 Å². The number of anilines is 1. The summed E-state index contributed by atoms with van der Waals surface area (Å²) in [5, 5.41) is 14.4. The Bertz CT molecular complexity index is 765. The standard InChI is InChI=1S/C18H18N4O3/c19-10-13-3-1-4-15(9-13)25-17-7-6-14(11-20-17)22-18(23)21-12-16-5-2-8-24-16/h1,3-4,6-7,9,11,16H,2,5,8,12H2,(H2,21,22,23)/t16-/m1/s1. The van der Waals surface area contributed by atoms with Crippen molar-refractivity contribution in [3.8, 4) is 17.7 Å². The molecule has 128 valence electrons. The number of rotatable bonds is 5. The van der Waals surface area contributed by atoms with Gasteiger partial charge in [0.05, 0.1) is 29.6 Å². The van der Waals surface area contributed by atoms with Crippen LogP contribution < -0.4 is 15.4 Å². The molecule has 0 radical (unpaired) electrons. The number of nitrogens with one attached hydrogen (secondary N) is 2. The maximum absolute atomic E-state index is 11.8. The zero-order valence-electron chi connectivity index (χ0n) is 13.6. The molecule has 25 heavy (non-hydrogen) atoms. The van der Waals surface area contributed by atoms with Gasteiger partial charge in [0.25, 0.3) is 0 Å². The molecule has 7 nitrogen and oxygen atoms in total. The van der Waals surface area contributed by atoms with Crippen molar-refractivity contribution in [2.75, 3.05) is 18.5 Å². The van der Waals surface area contributed by atoms with Gasteiger partial charge in [-0.15, -0.1) is 0 Å². The highest BCUT2D eigenvalue weighted by Gasteiger charge is 2.16. The molecule has 2 amide bonds. The SMILES string of the molecule is N#Cc1cccc(Oc2ccc(NC(=O)NC[C@H]3CCCO3)cn2)c1. The maximum atomic E-state index is 11.8. The molecule has 0 saturated carbocycles. The minimum Gasteiger partial charge on any atom is -0.439 e. The fourth-order valence-electron chi connectivity index (χ4n) is 2.45. The van der Waals surface area contributed by atoms with Crippen LogP contribution in [0.2, 0.25) is 0 Å². The molecule has 1 aromatic carbocycles. The van der Waals surface area contributed by atoms with Crippen molar-refractivity contribution in [2.45, 2.75) is 18.9 Å². The summed E-state index contributed by atoms with van der Waals surface area (Å²) in [6, 6.07) is 11.9. The van der Waals surface area contributed by atoms with E-state index in [4.69, 9.17) is 14.7 Å². The zero-order valence-corrected chi connectivity index (χ0v) is 13.6. The highest BCUT2D eigenvalue weighted by molar-refractivity contribution is 5.89. The molecule has 0 bridgehead atoms. The second-order valence-corrected chi connectivity index (χ2v) is 5.60. The molecule has 1 fully saturated rings. The maximum Gasteiger partial charge on any atom is 0.319 e. The molecule has 2 heterocycles. The molecule has 1 saturated heterocycles. The fraction of sp³-hybridized carbons (Fsp3) is 0.278. The number of urea groups is 1. The summed E-state index contributed by atoms with van der Waals surface area (Å²) in [7, 11) is 0. The number of nitriles is 1. The van der Waals surface area contributed by atoms with Gasteiger partial charge in [-0.05, 0) is 37.1 Å². The van der Waals surface area contributed by atoms with E-state index in [-0.39, 0.29) is 12.1 Å². The Hall–Kier alpha value is -3.11. The van der Waals surface area contributed by atoms with Gasteiger partial charge in [0.1, 0.15) is 5.75 Å². The van der Waals surface area contributed by atoms with E-state index in [1.165, 1.54) is 6.20 Å². The average molecular weight is 338 g/mol. The predicted molar refractivity (Wildman–Crippen MR) is 91.5 cm³/mol. The molecular formula is C18H18N4O3. The summed E-state index contributed by atoms with van der Waals surface area (Å²) < 4.78 is 11.0. The van der Waals surface area contributed by atoms with Crippen LogP contribution in [0.15, 0.2) is 42.6 Å². The van der Waals surface area contributed by atoms with Crippen LogP contribution in [-0.2, 0) is 4.74 Å². The summed E-state index contributed by atoms with van der Waals surface area (Å²) in [6.07, 6.45) is 3.62. The summed E-state index contributed by atoms with van der Waals surface area (Å²) in [6.45, 7) is 1.26. The van der Waals surface area contributed by atoms with Gasteiger partial charge in [-0.25, -0.2) is 9.78 Å². The molecule has 1 atom stereocenters. The number of benzene rings is 1. The Morgan fingerprint density at radius 2 is 2.32 bits per heavy atom. The second kappa shape index (κ2) is 8.13. The van der Waals surface area contributed by atoms with E-state index in [1.807, 2.05) is 0 Å². The van der Waals surface area contributed by atoms with Crippen molar-refractivity contribution in [3.05, 3.63) is 48.2 Å². The first-order valence-electron chi connectivity index (χ1n) is 8.03. The summed E-state index contributed by atoms with van der Waals surface area (Å²) >= 11 is 0. The van der Waals surface area contributed by atoms with Crippen LogP contribution >= 0.6 is 0 Å². The monoisotopic (exact) mass is 338 g/mol. The lowest BCUT2D eigenvalue weighted by molar-refractivity contribution is 0.112. The molecule has 1 aromatic heterocycles. The Morgan fingerprint density at radius 1 is 1.40 bits per heavy atom. The van der Waals surface area contributed by atoms with E-state index in [0.29, 0.717) is 29.4 Å². The Kier molecular flexibility index (Phi) is 5.44. The minimum atomic E-state index is -0.298. The molecule has 0 spiro atoms. The lowest BCUT2D eigenvalue weighted by Crippen LogP contribution is -2.35. The number of nitrogens with zero attached hydrogens (tertiary/aromatic N) is 2. The normalized spacial score (nSPS) is 16.0. The summed E-state index contributed by atoms with van der Waals surface area (Å²) in [4.78, 5) is 16.0. The lowest BCUT2D eigenvalue weighted by atomic mass is 10.2. The van der Waals surface area contributed by atoms with Crippen molar-refractivity contribution in [2.24, 2.45) is 0 Å². The Balaban J connectivity index is 1.51. The highest BCUT2D eigenvalue weighted by atomic mass is 16.5. The van der Waals surface area contributed by atoms with Gasteiger partial charge in [0.15, 0.2) is 0 Å². The molecule has 0 unspecified atom stereocenters. The van der Waals surface area contributed by atoms with Crippen molar-refractivity contribution < 1.29 is 14.3 Å². The van der Waals surface area contributed by atoms with Crippen molar-refractivity contribution in [1.82, 2.24) is 10.3 Å². The highest BCUT2D eigenvalue weighted by Crippen LogP contribution is 2.21. The van der Waals surface area contributed by atoms with Crippen molar-refractivity contribution in [1.29, 1.82) is 5.26 Å². The fourth-order valence-corrected chi connectivity index (χ4v) is 2.45. The number of hydrogen-bond donors (Lipinski definition) is 2. The van der Waals surface area contributed by atoms with Gasteiger partial charge >= 0.3 is 6.03 Å². The van der Waals surface area contributed by atoms with Gasteiger partial charge in [0.2, 0.25) is 5.88 Å². The zero-order chi connectivity index (χ0) is 17.5. The number of ether oxygens (including phenoxy) is 2. The molecule has 7 heteroatoms. The van der Waals surface area contributed by atoms with Gasteiger partial charge in [0, 0.05) is 19.2 Å². The first-order valence-corrected chi connectivity index (χ1v) is 8.03. The third-order valence-electron chi connectivity index (χ3n) is 3.69. The smallest absolute Gasteiger partial charge is 0.319 e. The van der Waals surface area contributed by atoms with Gasteiger partial charge in [-0.1, -0.05) is 6.07 Å². The molecule has 1 aliphatic rings. The van der Waals surface area contributed by atoms with Crippen LogP contribution in [0.5, 0.6) is 11.6 Å². The third kappa shape index (κ3) is 4.93. The van der Waals surface area contributed by atoms with Gasteiger partial charge in [-0.3, -0.25) is 0 Å². The predicted octanol–water partition coefficient (Wildman–Crippen LogP) is 3.05. The minimum absolute atomic E-state index is 0.101. The van der Waals surface area contributed by atoms with Crippen LogP contribution in [0.25, 0.3) is 0 Å². The van der Waals surface area contributed by atoms with Crippen molar-refractivity contribution in [3.63, 3.8) is 0 Å². The van der Waals surface area contributed by atoms with Crippen LogP contribution in [0.3, 0.4) is 0 Å². The van der Waals surface area contributed by atoms with E-state index in [9.17, 15) is 4.79 Å². The van der Waals surface area contributed by atoms with Crippen LogP contribution in [0, 0.1) is 11.3 Å². The largest absolute Gasteiger partial charge is 0.439 e. The second-order valence-electron chi connectivity index (χ2n) is 5.60. The number of amides is 2.